The van der Waals surface area contributed by atoms with Crippen molar-refractivity contribution in [2.24, 2.45) is 0 Å². The second-order valence-electron chi connectivity index (χ2n) is 9.19. The molecule has 0 unspecified atom stereocenters. The summed E-state index contributed by atoms with van der Waals surface area (Å²) in [5, 5.41) is 0.00754. The minimum absolute atomic E-state index is 0.00754. The van der Waals surface area contributed by atoms with E-state index in [1.165, 1.54) is 16.7 Å². The van der Waals surface area contributed by atoms with Crippen LogP contribution in [0, 0.1) is 6.92 Å². The van der Waals surface area contributed by atoms with E-state index in [1.54, 1.807) is 34.1 Å². The molecule has 0 spiro atoms. The lowest BCUT2D eigenvalue weighted by Crippen LogP contribution is -2.52. The molecule has 7 nitrogen and oxygen atoms in total. The molecule has 0 bridgehead atoms. The quantitative estimate of drug-likeness (QED) is 0.496. The molecule has 0 radical (unpaired) electrons. The van der Waals surface area contributed by atoms with Gasteiger partial charge in [-0.3, -0.25) is 9.59 Å². The predicted molar refractivity (Wildman–Crippen MR) is 126 cm³/mol. The molecule has 2 aliphatic rings. The Bertz CT molecular complexity index is 1380. The summed E-state index contributed by atoms with van der Waals surface area (Å²) < 4.78 is 49.9. The number of ether oxygens (including phenoxy) is 1. The van der Waals surface area contributed by atoms with E-state index >= 15 is 0 Å². The number of imidazole rings is 1. The summed E-state index contributed by atoms with van der Waals surface area (Å²) in [5.41, 5.74) is 0.392. The Morgan fingerprint density at radius 3 is 2.61 bits per heavy atom. The van der Waals surface area contributed by atoms with E-state index in [0.717, 1.165) is 11.8 Å². The van der Waals surface area contributed by atoms with Crippen molar-refractivity contribution in [3.8, 4) is 5.69 Å². The minimum Gasteiger partial charge on any atom is -0.368 e. The number of aromatic nitrogens is 3. The summed E-state index contributed by atoms with van der Waals surface area (Å²) in [5.74, 6) is -0.311. The third kappa shape index (κ3) is 4.32. The van der Waals surface area contributed by atoms with Crippen molar-refractivity contribution in [2.45, 2.75) is 57.7 Å². The average molecular weight is 521 g/mol. The summed E-state index contributed by atoms with van der Waals surface area (Å²) in [7, 11) is 0. The monoisotopic (exact) mass is 520 g/mol. The Labute approximate surface area is 210 Å². The van der Waals surface area contributed by atoms with Crippen LogP contribution in [-0.2, 0) is 17.5 Å². The number of hydrogen-bond donors (Lipinski definition) is 0. The topological polar surface area (TPSA) is 69.4 Å². The molecular weight excluding hydrogens is 497 g/mol. The summed E-state index contributed by atoms with van der Waals surface area (Å²) in [6.07, 6.45) is -1.56. The fourth-order valence-electron chi connectivity index (χ4n) is 5.07. The van der Waals surface area contributed by atoms with Gasteiger partial charge in [0.05, 0.1) is 35.8 Å². The summed E-state index contributed by atoms with van der Waals surface area (Å²) in [6, 6.07) is 6.53. The van der Waals surface area contributed by atoms with Crippen molar-refractivity contribution in [1.82, 2.24) is 19.0 Å². The molecule has 0 saturated carbocycles. The summed E-state index contributed by atoms with van der Waals surface area (Å²) in [4.78, 5) is 32.2. The van der Waals surface area contributed by atoms with E-state index in [1.807, 2.05) is 13.8 Å². The minimum atomic E-state index is -4.55. The Morgan fingerprint density at radius 1 is 1.14 bits per heavy atom. The molecule has 0 aliphatic carbocycles. The van der Waals surface area contributed by atoms with Gasteiger partial charge in [0.25, 0.3) is 11.5 Å². The summed E-state index contributed by atoms with van der Waals surface area (Å²) >= 11 is 5.81. The first-order valence-corrected chi connectivity index (χ1v) is 12.0. The van der Waals surface area contributed by atoms with Crippen molar-refractivity contribution in [1.29, 1.82) is 0 Å². The molecule has 36 heavy (non-hydrogen) atoms. The second-order valence-corrected chi connectivity index (χ2v) is 9.63. The maximum Gasteiger partial charge on any atom is 0.416 e. The zero-order valence-electron chi connectivity index (χ0n) is 19.6. The molecule has 190 valence electrons. The number of carbonyl (C=O) groups is 1. The molecule has 2 aliphatic heterocycles. The van der Waals surface area contributed by atoms with E-state index in [-0.39, 0.29) is 33.8 Å². The van der Waals surface area contributed by atoms with Gasteiger partial charge < -0.3 is 18.8 Å². The molecule has 5 rings (SSSR count). The zero-order valence-corrected chi connectivity index (χ0v) is 20.4. The second kappa shape index (κ2) is 9.08. The molecule has 0 N–H and O–H groups in total. The zero-order chi connectivity index (χ0) is 25.8. The number of alkyl halides is 3. The number of rotatable bonds is 4. The number of amides is 1. The van der Waals surface area contributed by atoms with Gasteiger partial charge in [0, 0.05) is 24.3 Å². The molecule has 3 atom stereocenters. The van der Waals surface area contributed by atoms with Crippen LogP contribution in [0.5, 0.6) is 0 Å². The standard InChI is InChI=1S/C25H24ClF3N4O3/c1-14-12-31(13-30-14)19-5-6-20-24(35)32(9-10-33(20)23(19)34)15(2)21-7-8-22(36-21)17-4-3-16(26)11-18(17)25(27,28)29/h3-6,11-13,15,21-22H,7-10H2,1-2H3/t15-,21-,22+/m0/s1. The van der Waals surface area contributed by atoms with Crippen LogP contribution in [-0.4, -0.2) is 43.6 Å². The lowest BCUT2D eigenvalue weighted by atomic mass is 9.99. The fourth-order valence-corrected chi connectivity index (χ4v) is 5.24. The van der Waals surface area contributed by atoms with Crippen molar-refractivity contribution in [3.63, 3.8) is 0 Å². The smallest absolute Gasteiger partial charge is 0.368 e. The number of hydrogen-bond acceptors (Lipinski definition) is 4. The van der Waals surface area contributed by atoms with Gasteiger partial charge in [-0.1, -0.05) is 17.7 Å². The fraction of sp³-hybridized carbons (Fsp3) is 0.400. The molecule has 2 aromatic heterocycles. The van der Waals surface area contributed by atoms with E-state index in [0.29, 0.717) is 31.6 Å². The van der Waals surface area contributed by atoms with Crippen LogP contribution in [0.1, 0.15) is 53.2 Å². The normalized spacial score (nSPS) is 21.1. The molecule has 1 saturated heterocycles. The highest BCUT2D eigenvalue weighted by Gasteiger charge is 2.41. The highest BCUT2D eigenvalue weighted by molar-refractivity contribution is 6.30. The first-order chi connectivity index (χ1) is 17.0. The van der Waals surface area contributed by atoms with Gasteiger partial charge in [-0.2, -0.15) is 13.2 Å². The van der Waals surface area contributed by atoms with Crippen molar-refractivity contribution < 1.29 is 22.7 Å². The largest absolute Gasteiger partial charge is 0.416 e. The first-order valence-electron chi connectivity index (χ1n) is 11.6. The Kier molecular flexibility index (Phi) is 6.20. The molecule has 4 heterocycles. The highest BCUT2D eigenvalue weighted by Crippen LogP contribution is 2.42. The molecular formula is C25H24ClF3N4O3. The number of fused-ring (bicyclic) bond motifs is 1. The van der Waals surface area contributed by atoms with Crippen LogP contribution < -0.4 is 5.56 Å². The Morgan fingerprint density at radius 2 is 1.92 bits per heavy atom. The number of benzene rings is 1. The number of halogens is 4. The van der Waals surface area contributed by atoms with Gasteiger partial charge in [-0.25, -0.2) is 4.98 Å². The van der Waals surface area contributed by atoms with Crippen LogP contribution in [0.3, 0.4) is 0 Å². The van der Waals surface area contributed by atoms with Crippen LogP contribution in [0.4, 0.5) is 13.2 Å². The summed E-state index contributed by atoms with van der Waals surface area (Å²) in [6.45, 7) is 4.24. The number of carbonyl (C=O) groups excluding carboxylic acids is 1. The molecule has 1 amide bonds. The highest BCUT2D eigenvalue weighted by atomic mass is 35.5. The van der Waals surface area contributed by atoms with Crippen LogP contribution in [0.15, 0.2) is 47.7 Å². The van der Waals surface area contributed by atoms with Gasteiger partial charge >= 0.3 is 6.18 Å². The molecule has 3 aromatic rings. The third-order valence-corrected chi connectivity index (χ3v) is 7.17. The van der Waals surface area contributed by atoms with Crippen molar-refractivity contribution in [3.05, 3.63) is 80.7 Å². The van der Waals surface area contributed by atoms with Crippen LogP contribution >= 0.6 is 11.6 Å². The van der Waals surface area contributed by atoms with Gasteiger partial charge in [0.2, 0.25) is 0 Å². The van der Waals surface area contributed by atoms with E-state index in [4.69, 9.17) is 16.3 Å². The van der Waals surface area contributed by atoms with Gasteiger partial charge in [-0.05, 0) is 56.5 Å². The molecule has 1 aromatic carbocycles. The number of nitrogens with zero attached hydrogens (tertiary/aromatic N) is 4. The average Bonchev–Trinajstić information content (AvgIpc) is 3.48. The van der Waals surface area contributed by atoms with Gasteiger partial charge in [0.1, 0.15) is 11.4 Å². The SMILES string of the molecule is Cc1cn(-c2ccc3n(c2=O)CCN([C@@H](C)[C@@H]2CC[C@H](c4ccc(Cl)cc4C(F)(F)F)O2)C3=O)cn1. The van der Waals surface area contributed by atoms with Crippen molar-refractivity contribution >= 4 is 17.5 Å². The van der Waals surface area contributed by atoms with E-state index < -0.39 is 23.9 Å². The lowest BCUT2D eigenvalue weighted by molar-refractivity contribution is -0.139. The lowest BCUT2D eigenvalue weighted by Gasteiger charge is -2.37. The maximum absolute atomic E-state index is 13.6. The Hall–Kier alpha value is -3.11. The van der Waals surface area contributed by atoms with Gasteiger partial charge in [0.15, 0.2) is 0 Å². The van der Waals surface area contributed by atoms with Crippen LogP contribution in [0.2, 0.25) is 5.02 Å². The van der Waals surface area contributed by atoms with Crippen LogP contribution in [0.25, 0.3) is 5.69 Å². The third-order valence-electron chi connectivity index (χ3n) is 6.94. The maximum atomic E-state index is 13.6. The predicted octanol–water partition coefficient (Wildman–Crippen LogP) is 4.78. The van der Waals surface area contributed by atoms with Gasteiger partial charge in [-0.15, -0.1) is 0 Å². The number of pyridine rings is 1. The molecule has 11 heteroatoms. The Balaban J connectivity index is 1.35. The first kappa shape index (κ1) is 24.6. The number of aryl methyl sites for hydroxylation is 1. The van der Waals surface area contributed by atoms with E-state index in [9.17, 15) is 22.8 Å². The van der Waals surface area contributed by atoms with Crippen molar-refractivity contribution in [2.75, 3.05) is 6.54 Å². The molecule has 1 fully saturated rings. The van der Waals surface area contributed by atoms with E-state index in [2.05, 4.69) is 4.98 Å².